The Kier molecular flexibility index (Phi) is 6.55. The van der Waals surface area contributed by atoms with E-state index in [2.05, 4.69) is 61.4 Å². The molecule has 3 heteroatoms. The molecule has 0 unspecified atom stereocenters. The van der Waals surface area contributed by atoms with E-state index >= 15 is 0 Å². The minimum atomic E-state index is 0.122. The van der Waals surface area contributed by atoms with Crippen molar-refractivity contribution in [1.82, 2.24) is 4.98 Å². The summed E-state index contributed by atoms with van der Waals surface area (Å²) in [6.07, 6.45) is 8.16. The van der Waals surface area contributed by atoms with Crippen LogP contribution in [-0.2, 0) is 0 Å². The van der Waals surface area contributed by atoms with Gasteiger partial charge in [-0.2, -0.15) is 0 Å². The summed E-state index contributed by atoms with van der Waals surface area (Å²) in [6.45, 7) is 4.41. The van der Waals surface area contributed by atoms with Gasteiger partial charge in [0.2, 0.25) is 0 Å². The van der Waals surface area contributed by atoms with E-state index in [1.807, 2.05) is 11.8 Å². The number of benzene rings is 1. The van der Waals surface area contributed by atoms with Gasteiger partial charge in [-0.25, -0.2) is 4.98 Å². The molecule has 0 bridgehead atoms. The molecule has 1 aliphatic carbocycles. The smallest absolute Gasteiger partial charge is 0.0960 e. The molecule has 1 aromatic heterocycles. The molecular weight excluding hydrogens is 324 g/mol. The van der Waals surface area contributed by atoms with Gasteiger partial charge in [0.1, 0.15) is 0 Å². The highest BCUT2D eigenvalue weighted by Crippen LogP contribution is 2.35. The second kappa shape index (κ2) is 8.86. The van der Waals surface area contributed by atoms with Gasteiger partial charge in [-0.3, -0.25) is 0 Å². The van der Waals surface area contributed by atoms with Gasteiger partial charge < -0.3 is 5.73 Å². The van der Waals surface area contributed by atoms with Crippen molar-refractivity contribution in [2.24, 2.45) is 11.7 Å². The van der Waals surface area contributed by atoms with Crippen molar-refractivity contribution in [3.05, 3.63) is 59.3 Å². The number of hydrogen-bond donors (Lipinski definition) is 1. The van der Waals surface area contributed by atoms with Crippen molar-refractivity contribution < 1.29 is 0 Å². The average molecular weight is 355 g/mol. The monoisotopic (exact) mass is 354 g/mol. The van der Waals surface area contributed by atoms with Crippen LogP contribution in [0.5, 0.6) is 0 Å². The number of nitrogens with zero attached hydrogens (tertiary/aromatic N) is 1. The number of aryl methyl sites for hydroxylation is 1. The zero-order valence-electron chi connectivity index (χ0n) is 15.4. The Hall–Kier alpha value is -1.32. The highest BCUT2D eigenvalue weighted by atomic mass is 32.2. The first-order valence-corrected chi connectivity index (χ1v) is 10.6. The van der Waals surface area contributed by atoms with Crippen LogP contribution in [0, 0.1) is 12.8 Å². The molecule has 0 aliphatic heterocycles. The molecule has 25 heavy (non-hydrogen) atoms. The van der Waals surface area contributed by atoms with Crippen molar-refractivity contribution in [2.45, 2.75) is 62.9 Å². The fraction of sp³-hybridized carbons (Fsp3) is 0.500. The number of aromatic nitrogens is 1. The largest absolute Gasteiger partial charge is 0.324 e. The molecule has 134 valence electrons. The molecule has 1 heterocycles. The number of hydrogen-bond acceptors (Lipinski definition) is 3. The number of rotatable bonds is 9. The maximum atomic E-state index is 6.46. The lowest BCUT2D eigenvalue weighted by molar-refractivity contribution is 0.522. The summed E-state index contributed by atoms with van der Waals surface area (Å²) in [7, 11) is 0. The summed E-state index contributed by atoms with van der Waals surface area (Å²) < 4.78 is 0. The Morgan fingerprint density at radius 2 is 1.96 bits per heavy atom. The van der Waals surface area contributed by atoms with Crippen LogP contribution in [0.1, 0.15) is 67.7 Å². The molecule has 0 amide bonds. The fourth-order valence-electron chi connectivity index (χ4n) is 3.35. The first-order valence-electron chi connectivity index (χ1n) is 9.57. The van der Waals surface area contributed by atoms with E-state index in [9.17, 15) is 0 Å². The van der Waals surface area contributed by atoms with Gasteiger partial charge in [-0.1, -0.05) is 37.3 Å². The summed E-state index contributed by atoms with van der Waals surface area (Å²) in [4.78, 5) is 4.68. The number of thioether (sulfide) groups is 1. The van der Waals surface area contributed by atoms with E-state index in [1.165, 1.54) is 40.3 Å². The molecule has 0 radical (unpaired) electrons. The van der Waals surface area contributed by atoms with Gasteiger partial charge in [0.05, 0.1) is 5.03 Å². The average Bonchev–Trinajstić information content (AvgIpc) is 3.46. The minimum Gasteiger partial charge on any atom is -0.324 e. The molecule has 2 atom stereocenters. The van der Waals surface area contributed by atoms with Crippen molar-refractivity contribution >= 4 is 11.8 Å². The van der Waals surface area contributed by atoms with Gasteiger partial charge in [0.15, 0.2) is 0 Å². The van der Waals surface area contributed by atoms with Gasteiger partial charge in [0.25, 0.3) is 0 Å². The van der Waals surface area contributed by atoms with Crippen molar-refractivity contribution in [3.8, 4) is 0 Å². The first-order chi connectivity index (χ1) is 12.2. The third kappa shape index (κ3) is 5.32. The first kappa shape index (κ1) is 18.5. The molecule has 3 rings (SSSR count). The van der Waals surface area contributed by atoms with Crippen LogP contribution in [0.15, 0.2) is 47.6 Å². The number of nitrogens with two attached hydrogens (primary N) is 1. The van der Waals surface area contributed by atoms with Crippen LogP contribution < -0.4 is 5.73 Å². The molecule has 2 N–H and O–H groups in total. The zero-order valence-corrected chi connectivity index (χ0v) is 16.3. The van der Waals surface area contributed by atoms with Gasteiger partial charge in [-0.15, -0.1) is 11.8 Å². The fourth-order valence-corrected chi connectivity index (χ4v) is 4.38. The molecule has 1 saturated carbocycles. The topological polar surface area (TPSA) is 38.9 Å². The van der Waals surface area contributed by atoms with Crippen LogP contribution in [0.3, 0.4) is 0 Å². The highest BCUT2D eigenvalue weighted by molar-refractivity contribution is 7.99. The van der Waals surface area contributed by atoms with Crippen molar-refractivity contribution in [3.63, 3.8) is 0 Å². The predicted molar refractivity (Wildman–Crippen MR) is 108 cm³/mol. The summed E-state index contributed by atoms with van der Waals surface area (Å²) in [5, 5.41) is 1.17. The Morgan fingerprint density at radius 1 is 1.16 bits per heavy atom. The lowest BCUT2D eigenvalue weighted by Crippen LogP contribution is -2.13. The molecule has 0 saturated heterocycles. The summed E-state index contributed by atoms with van der Waals surface area (Å²) in [6, 6.07) is 13.1. The maximum Gasteiger partial charge on any atom is 0.0960 e. The molecule has 2 aromatic rings. The lowest BCUT2D eigenvalue weighted by Gasteiger charge is -2.19. The molecule has 2 nitrogen and oxygen atoms in total. The SMILES string of the molecule is CC[C@H](CC[C@H](N)c1ccccc1C)c1ccc(SCC2CC2)nc1. The maximum absolute atomic E-state index is 6.46. The lowest BCUT2D eigenvalue weighted by atomic mass is 9.89. The zero-order chi connectivity index (χ0) is 17.6. The van der Waals surface area contributed by atoms with E-state index in [0.717, 1.165) is 25.2 Å². The Labute approximate surface area is 156 Å². The Balaban J connectivity index is 1.55. The molecule has 1 aromatic carbocycles. The van der Waals surface area contributed by atoms with E-state index < -0.39 is 0 Å². The normalized spacial score (nSPS) is 16.6. The second-order valence-corrected chi connectivity index (χ2v) is 8.37. The number of pyridine rings is 1. The van der Waals surface area contributed by atoms with Crippen LogP contribution in [-0.4, -0.2) is 10.7 Å². The van der Waals surface area contributed by atoms with Crippen LogP contribution >= 0.6 is 11.8 Å². The van der Waals surface area contributed by atoms with Crippen LogP contribution in [0.4, 0.5) is 0 Å². The van der Waals surface area contributed by atoms with Crippen LogP contribution in [0.25, 0.3) is 0 Å². The quantitative estimate of drug-likeness (QED) is 0.573. The van der Waals surface area contributed by atoms with Gasteiger partial charge in [0, 0.05) is 18.0 Å². The Bertz CT molecular complexity index is 664. The summed E-state index contributed by atoms with van der Waals surface area (Å²) >= 11 is 1.91. The third-order valence-corrected chi connectivity index (χ3v) is 6.48. The van der Waals surface area contributed by atoms with E-state index in [1.54, 1.807) is 0 Å². The van der Waals surface area contributed by atoms with E-state index in [4.69, 9.17) is 5.73 Å². The van der Waals surface area contributed by atoms with Crippen molar-refractivity contribution in [2.75, 3.05) is 5.75 Å². The van der Waals surface area contributed by atoms with Crippen LogP contribution in [0.2, 0.25) is 0 Å². The summed E-state index contributed by atoms with van der Waals surface area (Å²) in [5.74, 6) is 2.72. The minimum absolute atomic E-state index is 0.122. The predicted octanol–water partition coefficient (Wildman–Crippen LogP) is 5.87. The Morgan fingerprint density at radius 3 is 2.60 bits per heavy atom. The second-order valence-electron chi connectivity index (χ2n) is 7.33. The summed E-state index contributed by atoms with van der Waals surface area (Å²) in [5.41, 5.74) is 10.4. The van der Waals surface area contributed by atoms with Gasteiger partial charge in [-0.05, 0) is 73.6 Å². The highest BCUT2D eigenvalue weighted by Gasteiger charge is 2.21. The molecular formula is C22H30N2S. The standard InChI is InChI=1S/C22H30N2S/c1-3-18(10-12-21(23)20-7-5-4-6-16(20)2)19-11-13-22(24-14-19)25-15-17-8-9-17/h4-7,11,13-14,17-18,21H,3,8-10,12,15,23H2,1-2H3/t18-,21+/m1/s1. The molecule has 0 spiro atoms. The van der Waals surface area contributed by atoms with E-state index in [-0.39, 0.29) is 6.04 Å². The molecule has 1 aliphatic rings. The van der Waals surface area contributed by atoms with Crippen molar-refractivity contribution in [1.29, 1.82) is 0 Å². The molecule has 1 fully saturated rings. The van der Waals surface area contributed by atoms with Gasteiger partial charge >= 0.3 is 0 Å². The third-order valence-electron chi connectivity index (χ3n) is 5.30. The van der Waals surface area contributed by atoms with E-state index in [0.29, 0.717) is 5.92 Å².